The molecule has 0 saturated carbocycles. The van der Waals surface area contributed by atoms with Gasteiger partial charge >= 0.3 is 0 Å². The van der Waals surface area contributed by atoms with Gasteiger partial charge in [-0.3, -0.25) is 9.58 Å². The molecule has 1 aromatic rings. The van der Waals surface area contributed by atoms with Crippen LogP contribution in [0.5, 0.6) is 0 Å². The molecule has 0 aliphatic carbocycles. The molecule has 1 unspecified atom stereocenters. The molecular formula is C14H26N4O. The molecule has 2 rings (SSSR count). The molecule has 0 bridgehead atoms. The Kier molecular flexibility index (Phi) is 5.82. The van der Waals surface area contributed by atoms with Crippen LogP contribution in [0.4, 0.5) is 0 Å². The molecule has 1 aliphatic rings. The first-order valence-corrected chi connectivity index (χ1v) is 7.37. The first-order valence-electron chi connectivity index (χ1n) is 7.37. The van der Waals surface area contributed by atoms with Crippen molar-refractivity contribution in [3.05, 3.63) is 18.0 Å². The predicted molar refractivity (Wildman–Crippen MR) is 75.9 cm³/mol. The molecule has 0 radical (unpaired) electrons. The Bertz CT molecular complexity index is 360. The zero-order valence-corrected chi connectivity index (χ0v) is 11.9. The van der Waals surface area contributed by atoms with Crippen LogP contribution in [0.2, 0.25) is 0 Å². The summed E-state index contributed by atoms with van der Waals surface area (Å²) in [6.45, 7) is 8.46. The van der Waals surface area contributed by atoms with Gasteiger partial charge in [-0.25, -0.2) is 0 Å². The standard InChI is InChI=1S/C14H26N4O/c1-2-17(10-13-4-3-5-15-8-13)11-14-9-16-18(12-14)6-7-19/h9,12-13,15,19H,2-8,10-11H2,1H3. The van der Waals surface area contributed by atoms with Gasteiger partial charge in [0.2, 0.25) is 0 Å². The lowest BCUT2D eigenvalue weighted by Gasteiger charge is -2.29. The fourth-order valence-corrected chi connectivity index (χ4v) is 2.72. The summed E-state index contributed by atoms with van der Waals surface area (Å²) in [5.74, 6) is 0.779. The Hall–Kier alpha value is -0.910. The highest BCUT2D eigenvalue weighted by molar-refractivity contribution is 5.03. The average molecular weight is 266 g/mol. The molecule has 1 aliphatic heterocycles. The number of hydrogen-bond acceptors (Lipinski definition) is 4. The van der Waals surface area contributed by atoms with Crippen molar-refractivity contribution in [3.8, 4) is 0 Å². The molecule has 108 valence electrons. The summed E-state index contributed by atoms with van der Waals surface area (Å²) in [6, 6.07) is 0. The van der Waals surface area contributed by atoms with Crippen molar-refractivity contribution < 1.29 is 5.11 Å². The highest BCUT2D eigenvalue weighted by Crippen LogP contribution is 2.13. The van der Waals surface area contributed by atoms with Gasteiger partial charge in [-0.15, -0.1) is 0 Å². The summed E-state index contributed by atoms with van der Waals surface area (Å²) >= 11 is 0. The van der Waals surface area contributed by atoms with Gasteiger partial charge in [0.05, 0.1) is 19.3 Å². The van der Waals surface area contributed by atoms with Crippen LogP contribution >= 0.6 is 0 Å². The van der Waals surface area contributed by atoms with Gasteiger partial charge in [-0.1, -0.05) is 6.92 Å². The predicted octanol–water partition coefficient (Wildman–Crippen LogP) is 0.697. The van der Waals surface area contributed by atoms with Crippen LogP contribution in [0, 0.1) is 5.92 Å². The molecule has 0 spiro atoms. The largest absolute Gasteiger partial charge is 0.394 e. The Morgan fingerprint density at radius 1 is 1.58 bits per heavy atom. The van der Waals surface area contributed by atoms with Gasteiger partial charge in [0.1, 0.15) is 0 Å². The number of aliphatic hydroxyl groups is 1. The topological polar surface area (TPSA) is 53.3 Å². The maximum Gasteiger partial charge on any atom is 0.0640 e. The first kappa shape index (κ1) is 14.5. The van der Waals surface area contributed by atoms with Crippen molar-refractivity contribution in [1.29, 1.82) is 0 Å². The Morgan fingerprint density at radius 3 is 3.16 bits per heavy atom. The maximum atomic E-state index is 8.90. The summed E-state index contributed by atoms with van der Waals surface area (Å²) < 4.78 is 1.81. The smallest absolute Gasteiger partial charge is 0.0640 e. The summed E-state index contributed by atoms with van der Waals surface area (Å²) in [5, 5.41) is 16.6. The van der Waals surface area contributed by atoms with Crippen LogP contribution in [0.1, 0.15) is 25.3 Å². The maximum absolute atomic E-state index is 8.90. The third-order valence-electron chi connectivity index (χ3n) is 3.78. The number of nitrogens with zero attached hydrogens (tertiary/aromatic N) is 3. The van der Waals surface area contributed by atoms with Gasteiger partial charge < -0.3 is 10.4 Å². The van der Waals surface area contributed by atoms with Crippen LogP contribution in [0.15, 0.2) is 12.4 Å². The highest BCUT2D eigenvalue weighted by atomic mass is 16.3. The van der Waals surface area contributed by atoms with Crippen molar-refractivity contribution >= 4 is 0 Å². The van der Waals surface area contributed by atoms with E-state index in [1.54, 1.807) is 0 Å². The molecule has 1 saturated heterocycles. The van der Waals surface area contributed by atoms with Crippen molar-refractivity contribution in [2.45, 2.75) is 32.9 Å². The fourth-order valence-electron chi connectivity index (χ4n) is 2.72. The number of aliphatic hydroxyl groups excluding tert-OH is 1. The third-order valence-corrected chi connectivity index (χ3v) is 3.78. The molecule has 1 fully saturated rings. The van der Waals surface area contributed by atoms with E-state index in [-0.39, 0.29) is 6.61 Å². The van der Waals surface area contributed by atoms with Gasteiger partial charge in [0.25, 0.3) is 0 Å². The molecule has 2 N–H and O–H groups in total. The fraction of sp³-hybridized carbons (Fsp3) is 0.786. The lowest BCUT2D eigenvalue weighted by molar-refractivity contribution is 0.209. The van der Waals surface area contributed by atoms with E-state index < -0.39 is 0 Å². The van der Waals surface area contributed by atoms with Crippen molar-refractivity contribution in [2.24, 2.45) is 5.92 Å². The summed E-state index contributed by atoms with van der Waals surface area (Å²) in [7, 11) is 0. The van der Waals surface area contributed by atoms with E-state index in [1.807, 2.05) is 17.1 Å². The van der Waals surface area contributed by atoms with Gasteiger partial charge in [0, 0.05) is 24.8 Å². The molecule has 2 heterocycles. The number of rotatable bonds is 7. The normalized spacial score (nSPS) is 20.1. The van der Waals surface area contributed by atoms with Gasteiger partial charge in [0.15, 0.2) is 0 Å². The monoisotopic (exact) mass is 266 g/mol. The first-order chi connectivity index (χ1) is 9.31. The molecular weight excluding hydrogens is 240 g/mol. The van der Waals surface area contributed by atoms with Crippen molar-refractivity contribution in [2.75, 3.05) is 32.8 Å². The molecule has 1 atom stereocenters. The van der Waals surface area contributed by atoms with Gasteiger partial charge in [-0.2, -0.15) is 5.10 Å². The van der Waals surface area contributed by atoms with Gasteiger partial charge in [-0.05, 0) is 38.4 Å². The van der Waals surface area contributed by atoms with Crippen LogP contribution in [-0.2, 0) is 13.1 Å². The quantitative estimate of drug-likeness (QED) is 0.763. The minimum atomic E-state index is 0.145. The molecule has 0 aromatic carbocycles. The van der Waals surface area contributed by atoms with Crippen molar-refractivity contribution in [1.82, 2.24) is 20.0 Å². The molecule has 5 nitrogen and oxygen atoms in total. The molecule has 5 heteroatoms. The summed E-state index contributed by atoms with van der Waals surface area (Å²) in [5.41, 5.74) is 1.24. The van der Waals surface area contributed by atoms with Crippen molar-refractivity contribution in [3.63, 3.8) is 0 Å². The molecule has 19 heavy (non-hydrogen) atoms. The minimum absolute atomic E-state index is 0.145. The molecule has 1 aromatic heterocycles. The summed E-state index contributed by atoms with van der Waals surface area (Å²) in [4.78, 5) is 2.48. The Labute approximate surface area is 115 Å². The second-order valence-corrected chi connectivity index (χ2v) is 5.38. The van der Waals surface area contributed by atoms with E-state index in [2.05, 4.69) is 22.2 Å². The Morgan fingerprint density at radius 2 is 2.47 bits per heavy atom. The third kappa shape index (κ3) is 4.60. The zero-order valence-electron chi connectivity index (χ0n) is 11.9. The van der Waals surface area contributed by atoms with Crippen LogP contribution in [0.25, 0.3) is 0 Å². The lowest BCUT2D eigenvalue weighted by atomic mass is 9.99. The number of aromatic nitrogens is 2. The van der Waals surface area contributed by atoms with Crippen LogP contribution in [-0.4, -0.2) is 52.6 Å². The zero-order chi connectivity index (χ0) is 13.5. The number of hydrogen-bond donors (Lipinski definition) is 2. The van der Waals surface area contributed by atoms with E-state index in [0.29, 0.717) is 6.54 Å². The van der Waals surface area contributed by atoms with E-state index in [9.17, 15) is 0 Å². The van der Waals surface area contributed by atoms with E-state index >= 15 is 0 Å². The van der Waals surface area contributed by atoms with E-state index in [0.717, 1.165) is 32.1 Å². The SMILES string of the molecule is CCN(Cc1cnn(CCO)c1)CC1CCCNC1. The lowest BCUT2D eigenvalue weighted by Crippen LogP contribution is -2.38. The Balaban J connectivity index is 1.83. The average Bonchev–Trinajstić information content (AvgIpc) is 2.87. The minimum Gasteiger partial charge on any atom is -0.394 e. The van der Waals surface area contributed by atoms with E-state index in [4.69, 9.17) is 5.11 Å². The number of nitrogens with one attached hydrogen (secondary N) is 1. The van der Waals surface area contributed by atoms with Crippen LogP contribution in [0.3, 0.4) is 0 Å². The van der Waals surface area contributed by atoms with Crippen LogP contribution < -0.4 is 5.32 Å². The molecule has 0 amide bonds. The second-order valence-electron chi connectivity index (χ2n) is 5.38. The summed E-state index contributed by atoms with van der Waals surface area (Å²) in [6.07, 6.45) is 6.60. The number of piperidine rings is 1. The second kappa shape index (κ2) is 7.62. The highest BCUT2D eigenvalue weighted by Gasteiger charge is 2.16. The van der Waals surface area contributed by atoms with E-state index in [1.165, 1.54) is 24.9 Å².